The number of thiophene rings is 5. The Labute approximate surface area is 843 Å². The monoisotopic (exact) mass is 1960 g/mol. The highest BCUT2D eigenvalue weighted by molar-refractivity contribution is 7.36. The van der Waals surface area contributed by atoms with Gasteiger partial charge in [-0.05, 0) is 159 Å². The van der Waals surface area contributed by atoms with Gasteiger partial charge in [0, 0.05) is 64.6 Å². The smallest absolute Gasteiger partial charge is 0.194 e. The Balaban J connectivity index is 0.991. The lowest BCUT2D eigenvalue weighted by molar-refractivity contribution is 0.103. The molecule has 4 unspecified atom stereocenters. The highest BCUT2D eigenvalue weighted by Crippen LogP contribution is 2.72. The molecule has 15 rings (SSSR count). The minimum atomic E-state index is -0.844. The molecule has 11 aromatic rings. The zero-order valence-corrected chi connectivity index (χ0v) is 87.2. The fourth-order valence-electron chi connectivity index (χ4n) is 22.1. The third kappa shape index (κ3) is 21.2. The molecule has 0 saturated carbocycles. The van der Waals surface area contributed by atoms with Gasteiger partial charge in [0.25, 0.3) is 0 Å². The van der Waals surface area contributed by atoms with Crippen LogP contribution in [0.1, 0.15) is 369 Å². The van der Waals surface area contributed by atoms with E-state index in [0.29, 0.717) is 45.9 Å². The molecular weight excluding hydrogens is 1830 g/mol. The fourth-order valence-corrected chi connectivity index (χ4v) is 30.0. The third-order valence-corrected chi connectivity index (χ3v) is 36.9. The number of nitriles is 4. The van der Waals surface area contributed by atoms with Gasteiger partial charge in [-0.25, -0.2) is 0 Å². The first kappa shape index (κ1) is 101. The Morgan fingerprint density at radius 3 is 0.963 bits per heavy atom. The molecule has 4 aliphatic rings. The molecule has 5 heterocycles. The standard InChI is InChI=1S/C120H128Cl4N4O2S5/c1-9-17-25-29-39-77(35-21-13-5)63-81-47-55-87(56-48-81)119(88-57-49-82(50-58-88)64-78(36-22-14-6)40-30-26-18-10-2)99-67-91(43-33-45-93-105(85(73-125)74-126)95-69-100(121)102(123)71-97(95)110(93)129)131-112(99)114-108(119)116-118(134-114)109-117(135-116)115-107(113-104(133-115)68-92(132-113)44-34-46-94-106(86(75-127)76-128)96-70-101(122)103(124)72-98(96)111(94)130)120(109,89-59-51-83(52-60-89)65-79(37-23-15-7)41-31-27-19-11-3)90-61-53-84(54-62-90)66-80(38-24-16-8)42-32-28-20-12-4/h33-34,43-62,67-72,77-80H,9-32,35-42,63-66H2,1-8H3/b43-33+,44-34+,93-45-,94-46-. The molecule has 0 spiro atoms. The molecule has 0 radical (unpaired) electrons. The first-order chi connectivity index (χ1) is 65.9. The number of halogens is 4. The summed E-state index contributed by atoms with van der Waals surface area (Å²) in [5.74, 6) is 1.69. The number of allylic oxidation sites excluding steroid dienone is 10. The minimum absolute atomic E-state index is 0.174. The second-order valence-electron chi connectivity index (χ2n) is 38.5. The molecular formula is C120H128Cl4N4O2S5. The van der Waals surface area contributed by atoms with Crippen molar-refractivity contribution in [3.63, 3.8) is 0 Å². The Morgan fingerprint density at radius 2 is 0.622 bits per heavy atom. The molecule has 0 bridgehead atoms. The van der Waals surface area contributed by atoms with Crippen LogP contribution in [0.5, 0.6) is 0 Å². The molecule has 0 N–H and O–H groups in total. The Morgan fingerprint density at radius 1 is 0.326 bits per heavy atom. The van der Waals surface area contributed by atoms with E-state index in [1.165, 1.54) is 317 Å². The zero-order chi connectivity index (χ0) is 94.9. The van der Waals surface area contributed by atoms with Crippen LogP contribution in [-0.4, -0.2) is 11.6 Å². The Hall–Kier alpha value is -8.76. The van der Waals surface area contributed by atoms with Gasteiger partial charge in [-0.1, -0.05) is 429 Å². The Kier molecular flexibility index (Phi) is 35.2. The van der Waals surface area contributed by atoms with E-state index in [1.807, 2.05) is 46.2 Å². The number of carbonyl (C=O) groups is 2. The lowest BCUT2D eigenvalue weighted by Gasteiger charge is -2.34. The van der Waals surface area contributed by atoms with E-state index < -0.39 is 10.8 Å². The molecule has 15 heteroatoms. The summed E-state index contributed by atoms with van der Waals surface area (Å²) in [5.41, 5.74) is 16.0. The summed E-state index contributed by atoms with van der Waals surface area (Å²) in [4.78, 5) is 36.4. The van der Waals surface area contributed by atoms with Crippen molar-refractivity contribution in [3.05, 3.63) is 299 Å². The molecule has 135 heavy (non-hydrogen) atoms. The number of unbranched alkanes of at least 4 members (excludes halogenated alkanes) is 16. The van der Waals surface area contributed by atoms with E-state index in [4.69, 9.17) is 46.4 Å². The molecule has 0 aliphatic heterocycles. The number of benzene rings is 6. The van der Waals surface area contributed by atoms with E-state index >= 15 is 0 Å². The quantitative estimate of drug-likeness (QED) is 0.0212. The molecule has 4 atom stereocenters. The summed E-state index contributed by atoms with van der Waals surface area (Å²) in [6.45, 7) is 18.6. The van der Waals surface area contributed by atoms with Gasteiger partial charge in [0.1, 0.15) is 35.4 Å². The largest absolute Gasteiger partial charge is 0.289 e. The molecule has 0 saturated heterocycles. The summed E-state index contributed by atoms with van der Waals surface area (Å²) in [6, 6.07) is 59.4. The van der Waals surface area contributed by atoms with E-state index in [1.54, 1.807) is 53.0 Å². The van der Waals surface area contributed by atoms with E-state index in [2.05, 4.69) is 201 Å². The minimum Gasteiger partial charge on any atom is -0.289 e. The maximum atomic E-state index is 14.7. The summed E-state index contributed by atoms with van der Waals surface area (Å²) in [7, 11) is 0. The van der Waals surface area contributed by atoms with Crippen LogP contribution in [0.4, 0.5) is 0 Å². The lowest BCUT2D eigenvalue weighted by Crippen LogP contribution is -2.29. The van der Waals surface area contributed by atoms with Crippen molar-refractivity contribution in [2.24, 2.45) is 23.7 Å². The number of ketones is 2. The molecule has 6 aromatic carbocycles. The highest BCUT2D eigenvalue weighted by Gasteiger charge is 2.56. The van der Waals surface area contributed by atoms with Crippen LogP contribution in [0, 0.1) is 69.0 Å². The van der Waals surface area contributed by atoms with Gasteiger partial charge in [0.05, 0.1) is 64.5 Å². The van der Waals surface area contributed by atoms with Gasteiger partial charge in [0.15, 0.2) is 11.6 Å². The first-order valence-electron chi connectivity index (χ1n) is 50.6. The number of hydrogen-bond acceptors (Lipinski definition) is 11. The number of fused-ring (bicyclic) bond motifs is 13. The van der Waals surface area contributed by atoms with Gasteiger partial charge < -0.3 is 0 Å². The van der Waals surface area contributed by atoms with E-state index in [0.717, 1.165) is 35.4 Å². The van der Waals surface area contributed by atoms with Crippen LogP contribution >= 0.6 is 103 Å². The van der Waals surface area contributed by atoms with Crippen molar-refractivity contribution in [2.75, 3.05) is 0 Å². The third-order valence-electron chi connectivity index (χ3n) is 29.1. The molecule has 6 nitrogen and oxygen atoms in total. The average molecular weight is 1960 g/mol. The van der Waals surface area contributed by atoms with E-state index in [-0.39, 0.29) is 65.1 Å². The molecule has 5 aromatic heterocycles. The van der Waals surface area contributed by atoms with Crippen molar-refractivity contribution in [1.82, 2.24) is 0 Å². The summed E-state index contributed by atoms with van der Waals surface area (Å²) in [5, 5.41) is 42.8. The van der Waals surface area contributed by atoms with Crippen molar-refractivity contribution < 1.29 is 9.59 Å². The van der Waals surface area contributed by atoms with Crippen LogP contribution in [0.15, 0.2) is 180 Å². The normalized spacial score (nSPS) is 16.8. The number of carbonyl (C=O) groups excluding carboxylic acids is 2. The highest BCUT2D eigenvalue weighted by atomic mass is 35.5. The van der Waals surface area contributed by atoms with Gasteiger partial charge in [-0.3, -0.25) is 9.59 Å². The Bertz CT molecular complexity index is 6310. The van der Waals surface area contributed by atoms with Gasteiger partial charge in [-0.2, -0.15) is 21.0 Å². The number of rotatable bonds is 48. The van der Waals surface area contributed by atoms with E-state index in [9.17, 15) is 30.6 Å². The molecule has 0 amide bonds. The number of nitrogens with zero attached hydrogens (tertiary/aromatic N) is 4. The topological polar surface area (TPSA) is 129 Å². The predicted molar refractivity (Wildman–Crippen MR) is 579 cm³/mol. The summed E-state index contributed by atoms with van der Waals surface area (Å²) < 4.78 is 4.99. The van der Waals surface area contributed by atoms with Crippen LogP contribution in [0.2, 0.25) is 20.1 Å². The fraction of sp³-hybridized carbons (Fsp3) is 0.417. The SMILES string of the molecule is CCCCCCC(CCCC)Cc1ccc(C2(c3ccc(CC(CCCC)CCCCCC)cc3)c3cc(/C=C/C=C4\C(=O)c5cc(Cl)c(Cl)cc5C4=C(C#N)C#N)sc3-c3sc4c5c(sc4c32)-c2sc3cc(/C=C/C=C4\C(=O)c6cc(Cl)c(Cl)cc6C4=C(C#N)C#N)sc3c2C5(c2ccc(CC(CCCC)CCCCCC)cc2)c2ccc(CC(CCCC)CCCCCC)cc2)cc1. The molecule has 4 aliphatic carbocycles. The zero-order valence-electron chi connectivity index (χ0n) is 80.1. The van der Waals surface area contributed by atoms with Crippen molar-refractivity contribution in [2.45, 2.75) is 297 Å². The van der Waals surface area contributed by atoms with Crippen LogP contribution < -0.4 is 0 Å². The molecule has 0 fully saturated rings. The summed E-state index contributed by atoms with van der Waals surface area (Å²) in [6.07, 6.45) is 55.0. The predicted octanol–water partition coefficient (Wildman–Crippen LogP) is 38.2. The maximum absolute atomic E-state index is 14.7. The second-order valence-corrected chi connectivity index (χ2v) is 45.3. The van der Waals surface area contributed by atoms with Crippen molar-refractivity contribution in [3.8, 4) is 43.8 Å². The number of hydrogen-bond donors (Lipinski definition) is 0. The van der Waals surface area contributed by atoms with Gasteiger partial charge in [-0.15, -0.1) is 56.7 Å². The van der Waals surface area contributed by atoms with Crippen LogP contribution in [0.3, 0.4) is 0 Å². The lowest BCUT2D eigenvalue weighted by atomic mass is 9.67. The number of Topliss-reactive ketones (excluding diaryl/α,β-unsaturated/α-hetero) is 2. The van der Waals surface area contributed by atoms with Gasteiger partial charge in [0.2, 0.25) is 0 Å². The van der Waals surface area contributed by atoms with Crippen LogP contribution in [-0.2, 0) is 36.5 Å². The van der Waals surface area contributed by atoms with Crippen molar-refractivity contribution >= 4 is 157 Å². The second kappa shape index (κ2) is 47.3. The molecule has 698 valence electrons. The van der Waals surface area contributed by atoms with Crippen LogP contribution in [0.25, 0.3) is 61.6 Å². The van der Waals surface area contributed by atoms with Gasteiger partial charge >= 0.3 is 0 Å². The maximum Gasteiger partial charge on any atom is 0.194 e. The average Bonchev–Trinajstić information content (AvgIpc) is 1.48. The van der Waals surface area contributed by atoms with Crippen molar-refractivity contribution in [1.29, 1.82) is 21.0 Å². The summed E-state index contributed by atoms with van der Waals surface area (Å²) >= 11 is 36.0. The first-order valence-corrected chi connectivity index (χ1v) is 56.2.